The van der Waals surface area contributed by atoms with E-state index >= 15 is 0 Å². The molecule has 1 aromatic rings. The minimum Gasteiger partial charge on any atom is -0.319 e. The first kappa shape index (κ1) is 19.9. The molecule has 0 aromatic heterocycles. The monoisotopic (exact) mass is 406 g/mol. The number of alkyl halides is 6. The van der Waals surface area contributed by atoms with Crippen LogP contribution in [-0.2, 0) is 16.2 Å². The van der Waals surface area contributed by atoms with E-state index in [9.17, 15) is 34.8 Å². The Morgan fingerprint density at radius 2 is 1.88 bits per heavy atom. The number of sulfonamides is 1. The predicted octanol–water partition coefficient (Wildman–Crippen LogP) is 4.24. The average molecular weight is 406 g/mol. The van der Waals surface area contributed by atoms with E-state index < -0.39 is 32.4 Å². The fourth-order valence-electron chi connectivity index (χ4n) is 2.04. The molecule has 12 heteroatoms. The van der Waals surface area contributed by atoms with Gasteiger partial charge in [0.25, 0.3) is 0 Å². The van der Waals surface area contributed by atoms with Gasteiger partial charge in [0.05, 0.1) is 5.56 Å². The Hall–Kier alpha value is -1.43. The van der Waals surface area contributed by atoms with Crippen molar-refractivity contribution in [3.05, 3.63) is 29.8 Å². The fraction of sp³-hybridized carbons (Fsp3) is 0.462. The van der Waals surface area contributed by atoms with E-state index in [1.54, 1.807) is 6.92 Å². The van der Waals surface area contributed by atoms with E-state index in [1.807, 2.05) is 0 Å². The average Bonchev–Trinajstić information content (AvgIpc) is 2.87. The third-order valence-electron chi connectivity index (χ3n) is 3.32. The van der Waals surface area contributed by atoms with Gasteiger partial charge in [0.2, 0.25) is 0 Å². The van der Waals surface area contributed by atoms with Gasteiger partial charge in [-0.1, -0.05) is 24.8 Å². The van der Waals surface area contributed by atoms with Crippen LogP contribution in [-0.4, -0.2) is 30.9 Å². The van der Waals surface area contributed by atoms with Crippen LogP contribution in [0.15, 0.2) is 28.7 Å². The lowest BCUT2D eigenvalue weighted by atomic mass is 10.2. The van der Waals surface area contributed by atoms with Gasteiger partial charge >= 0.3 is 21.7 Å². The summed E-state index contributed by atoms with van der Waals surface area (Å²) in [5.41, 5.74) is -6.65. The van der Waals surface area contributed by atoms with E-state index in [0.717, 1.165) is 34.9 Å². The van der Waals surface area contributed by atoms with E-state index in [-0.39, 0.29) is 17.5 Å². The first-order valence-electron chi connectivity index (χ1n) is 6.88. The van der Waals surface area contributed by atoms with Gasteiger partial charge in [0.15, 0.2) is 5.17 Å². The lowest BCUT2D eigenvalue weighted by molar-refractivity contribution is -0.137. The second-order valence-electron chi connectivity index (χ2n) is 5.10. The normalized spacial score (nSPS) is 21.2. The highest BCUT2D eigenvalue weighted by Crippen LogP contribution is 2.37. The van der Waals surface area contributed by atoms with Crippen molar-refractivity contribution in [2.75, 3.05) is 11.4 Å². The van der Waals surface area contributed by atoms with E-state index in [1.165, 1.54) is 6.07 Å². The summed E-state index contributed by atoms with van der Waals surface area (Å²) in [6, 6.07) is 3.91. The molecule has 1 unspecified atom stereocenters. The van der Waals surface area contributed by atoms with Crippen LogP contribution >= 0.6 is 11.8 Å². The van der Waals surface area contributed by atoms with Crippen LogP contribution < -0.4 is 4.90 Å². The summed E-state index contributed by atoms with van der Waals surface area (Å²) in [7, 11) is -5.79. The number of hydrogen-bond acceptors (Lipinski definition) is 3. The van der Waals surface area contributed by atoms with E-state index in [4.69, 9.17) is 0 Å². The van der Waals surface area contributed by atoms with Crippen LogP contribution in [0, 0.1) is 0 Å². The number of amidine groups is 1. The Morgan fingerprint density at radius 1 is 1.24 bits per heavy atom. The van der Waals surface area contributed by atoms with Crippen LogP contribution in [0.2, 0.25) is 0 Å². The summed E-state index contributed by atoms with van der Waals surface area (Å²) >= 11 is 0.785. The summed E-state index contributed by atoms with van der Waals surface area (Å²) < 4.78 is 101. The molecule has 4 nitrogen and oxygen atoms in total. The Kier molecular flexibility index (Phi) is 5.34. The highest BCUT2D eigenvalue weighted by molar-refractivity contribution is 8.15. The zero-order valence-corrected chi connectivity index (χ0v) is 14.2. The van der Waals surface area contributed by atoms with Crippen molar-refractivity contribution in [1.29, 1.82) is 0 Å². The van der Waals surface area contributed by atoms with Gasteiger partial charge < -0.3 is 4.90 Å². The van der Waals surface area contributed by atoms with Crippen molar-refractivity contribution in [3.8, 4) is 0 Å². The minimum absolute atomic E-state index is 0.0503. The van der Waals surface area contributed by atoms with Gasteiger partial charge in [0.1, 0.15) is 0 Å². The first-order valence-corrected chi connectivity index (χ1v) is 9.20. The topological polar surface area (TPSA) is 49.7 Å². The van der Waals surface area contributed by atoms with Crippen LogP contribution in [0.4, 0.5) is 32.0 Å². The second-order valence-corrected chi connectivity index (χ2v) is 7.96. The molecular formula is C13H12F6N2O2S2. The van der Waals surface area contributed by atoms with Crippen LogP contribution in [0.25, 0.3) is 0 Å². The summed E-state index contributed by atoms with van der Waals surface area (Å²) in [6.45, 7) is 1.78. The van der Waals surface area contributed by atoms with Crippen molar-refractivity contribution < 1.29 is 34.8 Å². The van der Waals surface area contributed by atoms with E-state index in [0.29, 0.717) is 6.42 Å². The summed E-state index contributed by atoms with van der Waals surface area (Å²) in [5, 5.41) is -0.791. The van der Waals surface area contributed by atoms with Gasteiger partial charge in [-0.25, -0.2) is 0 Å². The number of nitrogens with zero attached hydrogens (tertiary/aromatic N) is 2. The molecule has 0 bridgehead atoms. The molecule has 1 aliphatic heterocycles. The maximum absolute atomic E-state index is 12.8. The number of hydrogen-bond donors (Lipinski definition) is 0. The molecular weight excluding hydrogens is 394 g/mol. The largest absolute Gasteiger partial charge is 0.518 e. The molecule has 0 spiro atoms. The molecule has 1 atom stereocenters. The molecule has 1 saturated heterocycles. The smallest absolute Gasteiger partial charge is 0.319 e. The van der Waals surface area contributed by atoms with Gasteiger partial charge in [-0.15, -0.1) is 4.40 Å². The zero-order chi connectivity index (χ0) is 19.0. The van der Waals surface area contributed by atoms with Crippen LogP contribution in [0.1, 0.15) is 18.9 Å². The first-order chi connectivity index (χ1) is 11.3. The Bertz CT molecular complexity index is 773. The van der Waals surface area contributed by atoms with Gasteiger partial charge in [0, 0.05) is 17.5 Å². The lowest BCUT2D eigenvalue weighted by Crippen LogP contribution is -2.29. The second kappa shape index (κ2) is 6.71. The molecule has 0 saturated carbocycles. The molecule has 1 fully saturated rings. The zero-order valence-electron chi connectivity index (χ0n) is 12.6. The van der Waals surface area contributed by atoms with Crippen molar-refractivity contribution in [3.63, 3.8) is 0 Å². The molecule has 0 N–H and O–H groups in total. The maximum atomic E-state index is 12.8. The van der Waals surface area contributed by atoms with Gasteiger partial charge in [-0.3, -0.25) is 0 Å². The van der Waals surface area contributed by atoms with Gasteiger partial charge in [-0.05, 0) is 24.6 Å². The Balaban J connectivity index is 2.48. The molecule has 2 rings (SSSR count). The molecule has 140 valence electrons. The highest BCUT2D eigenvalue weighted by atomic mass is 32.2. The van der Waals surface area contributed by atoms with Crippen molar-refractivity contribution in [1.82, 2.24) is 0 Å². The number of rotatable bonds is 3. The number of benzene rings is 1. The summed E-state index contributed by atoms with van der Waals surface area (Å²) in [4.78, 5) is 1.05. The molecule has 1 aliphatic rings. The third kappa shape index (κ3) is 4.40. The fourth-order valence-corrected chi connectivity index (χ4v) is 3.91. The lowest BCUT2D eigenvalue weighted by Gasteiger charge is -2.19. The van der Waals surface area contributed by atoms with Crippen LogP contribution in [0.5, 0.6) is 0 Å². The summed E-state index contributed by atoms with van der Waals surface area (Å²) in [5.74, 6) is 0. The molecule has 1 heterocycles. The Labute approximate surface area is 144 Å². The molecule has 0 radical (unpaired) electrons. The number of anilines is 1. The summed E-state index contributed by atoms with van der Waals surface area (Å²) in [6.07, 6.45) is -4.16. The number of halogens is 6. The molecule has 1 aromatic carbocycles. The van der Waals surface area contributed by atoms with Crippen molar-refractivity contribution >= 4 is 32.6 Å². The van der Waals surface area contributed by atoms with Crippen LogP contribution in [0.3, 0.4) is 0 Å². The van der Waals surface area contributed by atoms with E-state index in [2.05, 4.69) is 4.40 Å². The van der Waals surface area contributed by atoms with Gasteiger partial charge in [-0.2, -0.15) is 34.8 Å². The number of thioether (sulfide) groups is 1. The van der Waals surface area contributed by atoms with Crippen molar-refractivity contribution in [2.24, 2.45) is 4.40 Å². The van der Waals surface area contributed by atoms with Crippen molar-refractivity contribution in [2.45, 2.75) is 30.3 Å². The highest BCUT2D eigenvalue weighted by Gasteiger charge is 2.47. The molecule has 0 aliphatic carbocycles. The molecule has 25 heavy (non-hydrogen) atoms. The predicted molar refractivity (Wildman–Crippen MR) is 82.9 cm³/mol. The SMILES string of the molecule is CCC1CN(c2cccc(C(F)(F)F)c2)C(=NS(=O)(=O)C(F)(F)F)S1. The quantitative estimate of drug-likeness (QED) is 0.705. The Morgan fingerprint density at radius 3 is 2.40 bits per heavy atom. The standard InChI is InChI=1S/C13H12F6N2O2S2/c1-2-10-7-21(9-5-3-4-8(6-9)12(14,15)16)11(24-10)20-25(22,23)13(17,18)19/h3-6,10H,2,7H2,1H3. The molecule has 0 amide bonds. The maximum Gasteiger partial charge on any atom is 0.518 e. The third-order valence-corrected chi connectivity index (χ3v) is 5.77. The minimum atomic E-state index is -5.79.